The van der Waals surface area contributed by atoms with Gasteiger partial charge in [-0.15, -0.1) is 0 Å². The molecule has 1 saturated heterocycles. The second-order valence-electron chi connectivity index (χ2n) is 8.73. The lowest BCUT2D eigenvalue weighted by molar-refractivity contribution is -0.117. The van der Waals surface area contributed by atoms with Crippen LogP contribution >= 0.6 is 0 Å². The molecule has 2 heterocycles. The fourth-order valence-corrected chi connectivity index (χ4v) is 3.75. The smallest absolute Gasteiger partial charge is 0.215 e. The summed E-state index contributed by atoms with van der Waals surface area (Å²) in [5.41, 5.74) is 2.30. The van der Waals surface area contributed by atoms with Crippen LogP contribution < -0.4 is 14.4 Å². The number of pyridine rings is 1. The number of Topliss-reactive ketones (excluding diaryl/α,β-unsaturated/α-hetero) is 1. The molecule has 5 heteroatoms. The van der Waals surface area contributed by atoms with E-state index in [4.69, 9.17) is 9.47 Å². The third kappa shape index (κ3) is 6.48. The molecule has 0 aliphatic carbocycles. The van der Waals surface area contributed by atoms with Gasteiger partial charge in [-0.2, -0.15) is 0 Å². The Balaban J connectivity index is 1.52. The Labute approximate surface area is 180 Å². The van der Waals surface area contributed by atoms with Crippen LogP contribution in [-0.4, -0.2) is 36.6 Å². The van der Waals surface area contributed by atoms with Crippen LogP contribution in [-0.2, 0) is 4.79 Å². The van der Waals surface area contributed by atoms with Crippen molar-refractivity contribution in [1.29, 1.82) is 0 Å². The SMILES string of the molecule is CC(=O)C[C@@H](C)c1ccc(O[C@@H]2CCN(c3ccnc(OCCC(C)C)c3)C2)cc1. The van der Waals surface area contributed by atoms with E-state index in [0.29, 0.717) is 24.8 Å². The number of carbonyl (C=O) groups is 1. The largest absolute Gasteiger partial charge is 0.489 e. The van der Waals surface area contributed by atoms with Crippen LogP contribution in [0, 0.1) is 5.92 Å². The third-order valence-corrected chi connectivity index (χ3v) is 5.52. The van der Waals surface area contributed by atoms with Crippen molar-refractivity contribution in [3.05, 3.63) is 48.2 Å². The Bertz CT molecular complexity index is 819. The predicted molar refractivity (Wildman–Crippen MR) is 121 cm³/mol. The van der Waals surface area contributed by atoms with Gasteiger partial charge in [0.2, 0.25) is 5.88 Å². The normalized spacial score (nSPS) is 17.2. The van der Waals surface area contributed by atoms with Gasteiger partial charge in [-0.05, 0) is 48.9 Å². The molecule has 162 valence electrons. The first-order valence-corrected chi connectivity index (χ1v) is 11.0. The lowest BCUT2D eigenvalue weighted by atomic mass is 9.96. The molecule has 3 rings (SSSR count). The van der Waals surface area contributed by atoms with Crippen molar-refractivity contribution in [3.8, 4) is 11.6 Å². The van der Waals surface area contributed by atoms with Crippen LogP contribution in [0.4, 0.5) is 5.69 Å². The number of rotatable bonds is 10. The van der Waals surface area contributed by atoms with E-state index in [1.807, 2.05) is 30.5 Å². The predicted octanol–water partition coefficient (Wildman–Crippen LogP) is 5.25. The molecule has 0 amide bonds. The van der Waals surface area contributed by atoms with Crippen LogP contribution in [0.25, 0.3) is 0 Å². The van der Waals surface area contributed by atoms with Crippen LogP contribution in [0.15, 0.2) is 42.6 Å². The number of hydrogen-bond donors (Lipinski definition) is 0. The first-order valence-electron chi connectivity index (χ1n) is 11.0. The molecular formula is C25H34N2O3. The highest BCUT2D eigenvalue weighted by molar-refractivity contribution is 5.76. The molecule has 1 aromatic heterocycles. The summed E-state index contributed by atoms with van der Waals surface area (Å²) in [5.74, 6) is 2.65. The number of carbonyl (C=O) groups excluding carboxylic acids is 1. The van der Waals surface area contributed by atoms with E-state index in [2.05, 4.69) is 42.8 Å². The second kappa shape index (κ2) is 10.5. The van der Waals surface area contributed by atoms with Gasteiger partial charge in [0.1, 0.15) is 17.6 Å². The fourth-order valence-electron chi connectivity index (χ4n) is 3.75. The van der Waals surface area contributed by atoms with Crippen molar-refractivity contribution in [2.24, 2.45) is 5.92 Å². The van der Waals surface area contributed by atoms with Crippen molar-refractivity contribution >= 4 is 11.5 Å². The Morgan fingerprint density at radius 3 is 2.67 bits per heavy atom. The summed E-state index contributed by atoms with van der Waals surface area (Å²) in [7, 11) is 0. The molecular weight excluding hydrogens is 376 g/mol. The number of anilines is 1. The van der Waals surface area contributed by atoms with Crippen LogP contribution in [0.1, 0.15) is 58.4 Å². The lowest BCUT2D eigenvalue weighted by Crippen LogP contribution is -2.24. The Hall–Kier alpha value is -2.56. The summed E-state index contributed by atoms with van der Waals surface area (Å²) < 4.78 is 12.0. The number of nitrogens with zero attached hydrogens (tertiary/aromatic N) is 2. The molecule has 0 saturated carbocycles. The molecule has 1 aromatic carbocycles. The van der Waals surface area contributed by atoms with E-state index in [1.54, 1.807) is 6.92 Å². The molecule has 1 fully saturated rings. The average molecular weight is 411 g/mol. The van der Waals surface area contributed by atoms with Crippen molar-refractivity contribution < 1.29 is 14.3 Å². The molecule has 0 N–H and O–H groups in total. The number of hydrogen-bond acceptors (Lipinski definition) is 5. The summed E-state index contributed by atoms with van der Waals surface area (Å²) in [5, 5.41) is 0. The van der Waals surface area contributed by atoms with Gasteiger partial charge in [-0.25, -0.2) is 4.98 Å². The maximum absolute atomic E-state index is 11.3. The summed E-state index contributed by atoms with van der Waals surface area (Å²) in [4.78, 5) is 18.0. The number of benzene rings is 1. The van der Waals surface area contributed by atoms with Crippen molar-refractivity contribution in [2.75, 3.05) is 24.6 Å². The van der Waals surface area contributed by atoms with Crippen LogP contribution in [0.5, 0.6) is 11.6 Å². The molecule has 0 radical (unpaired) electrons. The van der Waals surface area contributed by atoms with E-state index in [9.17, 15) is 4.79 Å². The number of ether oxygens (including phenoxy) is 2. The lowest BCUT2D eigenvalue weighted by Gasteiger charge is -2.20. The van der Waals surface area contributed by atoms with E-state index >= 15 is 0 Å². The Morgan fingerprint density at radius 2 is 1.97 bits per heavy atom. The van der Waals surface area contributed by atoms with Gasteiger partial charge in [0.05, 0.1) is 13.2 Å². The maximum atomic E-state index is 11.3. The van der Waals surface area contributed by atoms with Gasteiger partial charge in [0, 0.05) is 37.3 Å². The monoisotopic (exact) mass is 410 g/mol. The second-order valence-corrected chi connectivity index (χ2v) is 8.73. The van der Waals surface area contributed by atoms with E-state index in [-0.39, 0.29) is 17.8 Å². The highest BCUT2D eigenvalue weighted by atomic mass is 16.5. The van der Waals surface area contributed by atoms with E-state index in [0.717, 1.165) is 37.4 Å². The molecule has 2 atom stereocenters. The summed E-state index contributed by atoms with van der Waals surface area (Å²) in [6.45, 7) is 10.6. The van der Waals surface area contributed by atoms with Crippen molar-refractivity contribution in [1.82, 2.24) is 4.98 Å². The maximum Gasteiger partial charge on any atom is 0.215 e. The zero-order chi connectivity index (χ0) is 21.5. The van der Waals surface area contributed by atoms with Crippen LogP contribution in [0.2, 0.25) is 0 Å². The summed E-state index contributed by atoms with van der Waals surface area (Å²) in [6, 6.07) is 12.2. The minimum Gasteiger partial charge on any atom is -0.489 e. The van der Waals surface area contributed by atoms with Gasteiger partial charge in [0.15, 0.2) is 0 Å². The molecule has 1 aliphatic rings. The number of ketones is 1. The van der Waals surface area contributed by atoms with E-state index in [1.165, 1.54) is 5.56 Å². The molecule has 0 unspecified atom stereocenters. The standard InChI is InChI=1S/C25H34N2O3/c1-18(2)11-14-29-25-16-22(9-12-26-25)27-13-10-24(17-27)30-23-7-5-21(6-8-23)19(3)15-20(4)28/h5-9,12,16,18-19,24H,10-11,13-15,17H2,1-4H3/t19-,24-/m1/s1. The quantitative estimate of drug-likeness (QED) is 0.536. The minimum absolute atomic E-state index is 0.156. The molecule has 0 bridgehead atoms. The third-order valence-electron chi connectivity index (χ3n) is 5.52. The van der Waals surface area contributed by atoms with E-state index < -0.39 is 0 Å². The van der Waals surface area contributed by atoms with Gasteiger partial charge < -0.3 is 19.2 Å². The van der Waals surface area contributed by atoms with Gasteiger partial charge in [0.25, 0.3) is 0 Å². The molecule has 1 aliphatic heterocycles. The first kappa shape index (κ1) is 22.1. The molecule has 0 spiro atoms. The Morgan fingerprint density at radius 1 is 1.20 bits per heavy atom. The first-order chi connectivity index (χ1) is 14.4. The van der Waals surface area contributed by atoms with Gasteiger partial charge in [-0.3, -0.25) is 0 Å². The zero-order valence-corrected chi connectivity index (χ0v) is 18.6. The van der Waals surface area contributed by atoms with Crippen molar-refractivity contribution in [2.45, 2.75) is 59.0 Å². The molecule has 5 nitrogen and oxygen atoms in total. The average Bonchev–Trinajstić information content (AvgIpc) is 3.16. The van der Waals surface area contributed by atoms with Crippen LogP contribution in [0.3, 0.4) is 0 Å². The van der Waals surface area contributed by atoms with Gasteiger partial charge >= 0.3 is 0 Å². The summed E-state index contributed by atoms with van der Waals surface area (Å²) in [6.07, 6.45) is 4.55. The fraction of sp³-hybridized carbons (Fsp3) is 0.520. The zero-order valence-electron chi connectivity index (χ0n) is 18.6. The van der Waals surface area contributed by atoms with Gasteiger partial charge in [-0.1, -0.05) is 32.9 Å². The van der Waals surface area contributed by atoms with Crippen molar-refractivity contribution in [3.63, 3.8) is 0 Å². The molecule has 30 heavy (non-hydrogen) atoms. The Kier molecular flexibility index (Phi) is 7.72. The summed E-state index contributed by atoms with van der Waals surface area (Å²) >= 11 is 0. The topological polar surface area (TPSA) is 51.7 Å². The number of aromatic nitrogens is 1. The highest BCUT2D eigenvalue weighted by Gasteiger charge is 2.24. The minimum atomic E-state index is 0.156. The highest BCUT2D eigenvalue weighted by Crippen LogP contribution is 2.27. The molecule has 2 aromatic rings.